The summed E-state index contributed by atoms with van der Waals surface area (Å²) in [7, 11) is 0. The van der Waals surface area contributed by atoms with Crippen molar-refractivity contribution < 1.29 is 27.9 Å². The second-order valence-corrected chi connectivity index (χ2v) is 4.75. The zero-order valence-corrected chi connectivity index (χ0v) is 11.6. The first-order valence-electron chi connectivity index (χ1n) is 5.94. The van der Waals surface area contributed by atoms with E-state index in [2.05, 4.69) is 5.32 Å². The molecule has 1 rings (SSSR count). The lowest BCUT2D eigenvalue weighted by molar-refractivity contribution is -0.203. The van der Waals surface area contributed by atoms with E-state index >= 15 is 0 Å². The van der Waals surface area contributed by atoms with Crippen LogP contribution in [-0.4, -0.2) is 28.8 Å². The van der Waals surface area contributed by atoms with Crippen molar-refractivity contribution in [3.05, 3.63) is 29.3 Å². The predicted molar refractivity (Wildman–Crippen MR) is 70.2 cm³/mol. The monoisotopic (exact) mass is 304 g/mol. The number of aryl methyl sites for hydroxylation is 1. The van der Waals surface area contributed by atoms with Crippen LogP contribution in [0.1, 0.15) is 18.1 Å². The summed E-state index contributed by atoms with van der Waals surface area (Å²) in [6.45, 7) is 3.85. The van der Waals surface area contributed by atoms with E-state index in [0.717, 1.165) is 5.56 Å². The third kappa shape index (κ3) is 3.45. The quantitative estimate of drug-likeness (QED) is 0.803. The fourth-order valence-corrected chi connectivity index (χ4v) is 1.51. The molecule has 1 unspecified atom stereocenters. The zero-order chi connectivity index (χ0) is 16.4. The maximum atomic E-state index is 12.8. The number of urea groups is 1. The lowest BCUT2D eigenvalue weighted by atomic mass is 10.0. The van der Waals surface area contributed by atoms with Gasteiger partial charge in [0.25, 0.3) is 0 Å². The number of amides is 2. The number of benzene rings is 1. The van der Waals surface area contributed by atoms with Gasteiger partial charge in [-0.15, -0.1) is 0 Å². The highest BCUT2D eigenvalue weighted by molar-refractivity contribution is 5.94. The van der Waals surface area contributed by atoms with Gasteiger partial charge in [0.1, 0.15) is 0 Å². The van der Waals surface area contributed by atoms with Crippen LogP contribution in [0.4, 0.5) is 23.7 Å². The van der Waals surface area contributed by atoms with Crippen molar-refractivity contribution in [3.8, 4) is 0 Å². The van der Waals surface area contributed by atoms with E-state index < -0.39 is 23.7 Å². The van der Waals surface area contributed by atoms with Crippen molar-refractivity contribution in [3.63, 3.8) is 0 Å². The Bertz CT molecular complexity index is 572. The summed E-state index contributed by atoms with van der Waals surface area (Å²) in [5.74, 6) is -2.19. The third-order valence-corrected chi connectivity index (χ3v) is 3.21. The van der Waals surface area contributed by atoms with Crippen molar-refractivity contribution in [2.45, 2.75) is 32.5 Å². The van der Waals surface area contributed by atoms with Gasteiger partial charge in [0.05, 0.1) is 0 Å². The minimum Gasteiger partial charge on any atom is -0.479 e. The van der Waals surface area contributed by atoms with Gasteiger partial charge in [0, 0.05) is 5.69 Å². The SMILES string of the molecule is Cc1cccc(NC(=O)NC(C)(C(=O)O)C(F)(F)F)c1C. The van der Waals surface area contributed by atoms with E-state index in [1.165, 1.54) is 11.4 Å². The Labute approximate surface area is 119 Å². The summed E-state index contributed by atoms with van der Waals surface area (Å²) < 4.78 is 38.3. The number of carboxylic acid groups (broad SMARTS) is 1. The van der Waals surface area contributed by atoms with Crippen LogP contribution in [0.25, 0.3) is 0 Å². The maximum absolute atomic E-state index is 12.8. The van der Waals surface area contributed by atoms with E-state index in [1.807, 2.05) is 0 Å². The minimum atomic E-state index is -5.13. The van der Waals surface area contributed by atoms with Gasteiger partial charge in [-0.2, -0.15) is 13.2 Å². The van der Waals surface area contributed by atoms with Crippen molar-refractivity contribution in [1.29, 1.82) is 0 Å². The molecule has 5 nitrogen and oxygen atoms in total. The Kier molecular flexibility index (Phi) is 4.50. The number of aliphatic carboxylic acids is 1. The smallest absolute Gasteiger partial charge is 0.422 e. The Hall–Kier alpha value is -2.25. The molecule has 3 N–H and O–H groups in total. The number of alkyl halides is 3. The summed E-state index contributed by atoms with van der Waals surface area (Å²) in [5, 5.41) is 12.4. The molecular formula is C13H15F3N2O3. The van der Waals surface area contributed by atoms with Gasteiger partial charge in [-0.05, 0) is 38.0 Å². The summed E-state index contributed by atoms with van der Waals surface area (Å²) in [5.41, 5.74) is -1.54. The number of hydrogen-bond donors (Lipinski definition) is 3. The standard InChI is InChI=1S/C13H15F3N2O3/c1-7-5-4-6-9(8(7)2)17-11(21)18-12(3,10(19)20)13(14,15)16/h4-6H,1-3H3,(H,19,20)(H2,17,18,21). The summed E-state index contributed by atoms with van der Waals surface area (Å²) in [6.07, 6.45) is -5.13. The Morgan fingerprint density at radius 1 is 1.19 bits per heavy atom. The molecule has 0 aromatic heterocycles. The molecule has 0 bridgehead atoms. The molecule has 0 fully saturated rings. The highest BCUT2D eigenvalue weighted by atomic mass is 19.4. The van der Waals surface area contributed by atoms with Crippen molar-refractivity contribution in [2.75, 3.05) is 5.32 Å². The number of rotatable bonds is 3. The van der Waals surface area contributed by atoms with Gasteiger partial charge < -0.3 is 15.7 Å². The highest BCUT2D eigenvalue weighted by Crippen LogP contribution is 2.30. The fourth-order valence-electron chi connectivity index (χ4n) is 1.51. The minimum absolute atomic E-state index is 0.308. The average molecular weight is 304 g/mol. The first-order valence-corrected chi connectivity index (χ1v) is 5.94. The first kappa shape index (κ1) is 16.8. The summed E-state index contributed by atoms with van der Waals surface area (Å²) in [6, 6.07) is 3.66. The number of nitrogens with one attached hydrogen (secondary N) is 2. The topological polar surface area (TPSA) is 78.4 Å². The molecule has 0 aliphatic heterocycles. The van der Waals surface area contributed by atoms with E-state index in [9.17, 15) is 22.8 Å². The number of carbonyl (C=O) groups is 2. The molecule has 21 heavy (non-hydrogen) atoms. The molecule has 0 saturated carbocycles. The molecule has 0 heterocycles. The number of anilines is 1. The molecule has 1 aromatic rings. The second-order valence-electron chi connectivity index (χ2n) is 4.75. The van der Waals surface area contributed by atoms with E-state index in [0.29, 0.717) is 18.2 Å². The number of halogens is 3. The van der Waals surface area contributed by atoms with Gasteiger partial charge in [-0.1, -0.05) is 12.1 Å². The van der Waals surface area contributed by atoms with Crippen LogP contribution in [0.15, 0.2) is 18.2 Å². The lowest BCUT2D eigenvalue weighted by Gasteiger charge is -2.28. The fraction of sp³-hybridized carbons (Fsp3) is 0.385. The highest BCUT2D eigenvalue weighted by Gasteiger charge is 2.58. The number of carboxylic acids is 1. The Morgan fingerprint density at radius 3 is 2.24 bits per heavy atom. The van der Waals surface area contributed by atoms with Crippen molar-refractivity contribution in [2.24, 2.45) is 0 Å². The molecule has 0 radical (unpaired) electrons. The van der Waals surface area contributed by atoms with Gasteiger partial charge in [-0.3, -0.25) is 0 Å². The summed E-state index contributed by atoms with van der Waals surface area (Å²) in [4.78, 5) is 22.5. The van der Waals surface area contributed by atoms with Crippen molar-refractivity contribution in [1.82, 2.24) is 5.32 Å². The predicted octanol–water partition coefficient (Wildman–Crippen LogP) is 2.83. The van der Waals surface area contributed by atoms with Crippen LogP contribution < -0.4 is 10.6 Å². The first-order chi connectivity index (χ1) is 9.49. The molecule has 1 atom stereocenters. The molecule has 1 aromatic carbocycles. The molecule has 0 aliphatic rings. The van der Waals surface area contributed by atoms with E-state index in [4.69, 9.17) is 5.11 Å². The molecular weight excluding hydrogens is 289 g/mol. The van der Waals surface area contributed by atoms with Crippen LogP contribution in [0.2, 0.25) is 0 Å². The van der Waals surface area contributed by atoms with Crippen LogP contribution in [0.3, 0.4) is 0 Å². The molecule has 116 valence electrons. The molecule has 0 spiro atoms. The zero-order valence-electron chi connectivity index (χ0n) is 11.6. The molecule has 8 heteroatoms. The van der Waals surface area contributed by atoms with Crippen LogP contribution >= 0.6 is 0 Å². The Balaban J connectivity index is 2.95. The third-order valence-electron chi connectivity index (χ3n) is 3.21. The van der Waals surface area contributed by atoms with Gasteiger partial charge in [-0.25, -0.2) is 9.59 Å². The van der Waals surface area contributed by atoms with E-state index in [-0.39, 0.29) is 0 Å². The Morgan fingerprint density at radius 2 is 1.76 bits per heavy atom. The maximum Gasteiger partial charge on any atom is 0.422 e. The van der Waals surface area contributed by atoms with E-state index in [1.54, 1.807) is 26.0 Å². The van der Waals surface area contributed by atoms with Gasteiger partial charge >= 0.3 is 18.2 Å². The second kappa shape index (κ2) is 5.63. The van der Waals surface area contributed by atoms with Gasteiger partial charge in [0.2, 0.25) is 5.54 Å². The molecule has 0 saturated heterocycles. The normalized spacial score (nSPS) is 14.2. The molecule has 0 aliphatic carbocycles. The molecule has 2 amide bonds. The van der Waals surface area contributed by atoms with Crippen molar-refractivity contribution >= 4 is 17.7 Å². The lowest BCUT2D eigenvalue weighted by Crippen LogP contribution is -2.62. The number of carbonyl (C=O) groups excluding carboxylic acids is 1. The van der Waals surface area contributed by atoms with Crippen LogP contribution in [-0.2, 0) is 4.79 Å². The largest absolute Gasteiger partial charge is 0.479 e. The van der Waals surface area contributed by atoms with Gasteiger partial charge in [0.15, 0.2) is 0 Å². The van der Waals surface area contributed by atoms with Crippen LogP contribution in [0.5, 0.6) is 0 Å². The average Bonchev–Trinajstić information content (AvgIpc) is 2.33. The number of hydrogen-bond acceptors (Lipinski definition) is 2. The van der Waals surface area contributed by atoms with Crippen LogP contribution in [0, 0.1) is 13.8 Å². The summed E-state index contributed by atoms with van der Waals surface area (Å²) >= 11 is 0.